The Hall–Kier alpha value is -0.780. The molecule has 0 saturated heterocycles. The summed E-state index contributed by atoms with van der Waals surface area (Å²) >= 11 is 0. The molecule has 0 amide bonds. The second-order valence-electron chi connectivity index (χ2n) is 5.07. The normalized spacial score (nSPS) is 31.5. The summed E-state index contributed by atoms with van der Waals surface area (Å²) in [6, 6.07) is 0. The van der Waals surface area contributed by atoms with E-state index in [1.165, 1.54) is 50.5 Å². The molecule has 2 aliphatic rings. The summed E-state index contributed by atoms with van der Waals surface area (Å²) in [6.07, 6.45) is 13.9. The minimum atomic E-state index is 0.707. The Morgan fingerprint density at radius 1 is 1.20 bits per heavy atom. The van der Waals surface area contributed by atoms with E-state index in [-0.39, 0.29) is 0 Å². The largest absolute Gasteiger partial charge is 0.0993 e. The van der Waals surface area contributed by atoms with Gasteiger partial charge in [0.1, 0.15) is 0 Å². The summed E-state index contributed by atoms with van der Waals surface area (Å²) in [5, 5.41) is 0. The van der Waals surface area contributed by atoms with E-state index >= 15 is 0 Å². The number of rotatable bonds is 0. The second-order valence-corrected chi connectivity index (χ2v) is 5.07. The molecule has 0 unspecified atom stereocenters. The molecule has 0 radical (unpaired) electrons. The van der Waals surface area contributed by atoms with Crippen LogP contribution in [0.25, 0.3) is 0 Å². The van der Waals surface area contributed by atoms with E-state index in [1.807, 2.05) is 0 Å². The first-order valence-corrected chi connectivity index (χ1v) is 6.28. The van der Waals surface area contributed by atoms with Gasteiger partial charge in [-0.25, -0.2) is 0 Å². The zero-order chi connectivity index (χ0) is 10.7. The Morgan fingerprint density at radius 2 is 2.07 bits per heavy atom. The van der Waals surface area contributed by atoms with E-state index in [0.29, 0.717) is 5.92 Å². The minimum Gasteiger partial charge on any atom is -0.0993 e. The van der Waals surface area contributed by atoms with Crippen LogP contribution >= 0.6 is 0 Å². The maximum atomic E-state index is 4.25. The van der Waals surface area contributed by atoms with Gasteiger partial charge >= 0.3 is 0 Å². The van der Waals surface area contributed by atoms with Crippen LogP contribution in [0.3, 0.4) is 0 Å². The lowest BCUT2D eigenvalue weighted by atomic mass is 9.95. The van der Waals surface area contributed by atoms with Crippen LogP contribution in [0.15, 0.2) is 35.5 Å². The average molecular weight is 202 g/mol. The summed E-state index contributed by atoms with van der Waals surface area (Å²) in [4.78, 5) is 0. The molecule has 0 spiro atoms. The third kappa shape index (κ3) is 2.84. The van der Waals surface area contributed by atoms with Gasteiger partial charge in [-0.1, -0.05) is 35.5 Å². The molecule has 0 nitrogen and oxygen atoms in total. The zero-order valence-electron chi connectivity index (χ0n) is 9.89. The molecular weight excluding hydrogens is 180 g/mol. The topological polar surface area (TPSA) is 0 Å². The molecule has 2 aliphatic carbocycles. The van der Waals surface area contributed by atoms with Crippen molar-refractivity contribution in [3.63, 3.8) is 0 Å². The molecule has 0 aliphatic heterocycles. The molecule has 2 bridgehead atoms. The van der Waals surface area contributed by atoms with Crippen molar-refractivity contribution in [1.82, 2.24) is 0 Å². The van der Waals surface area contributed by atoms with Crippen molar-refractivity contribution in [2.24, 2.45) is 5.92 Å². The fraction of sp³-hybridized carbons (Fsp3) is 0.600. The molecule has 0 aromatic carbocycles. The maximum absolute atomic E-state index is 4.25. The Morgan fingerprint density at radius 3 is 2.93 bits per heavy atom. The Balaban J connectivity index is 2.08. The van der Waals surface area contributed by atoms with Crippen molar-refractivity contribution in [1.29, 1.82) is 0 Å². The molecule has 0 aromatic heterocycles. The number of hydrogen-bond donors (Lipinski definition) is 0. The first-order chi connectivity index (χ1) is 7.25. The molecule has 0 N–H and O–H groups in total. The zero-order valence-corrected chi connectivity index (χ0v) is 9.89. The van der Waals surface area contributed by atoms with E-state index in [0.717, 1.165) is 0 Å². The van der Waals surface area contributed by atoms with Crippen LogP contribution in [0.1, 0.15) is 51.9 Å². The highest BCUT2D eigenvalue weighted by Crippen LogP contribution is 2.34. The first kappa shape index (κ1) is 10.7. The first-order valence-electron chi connectivity index (χ1n) is 6.28. The van der Waals surface area contributed by atoms with Crippen LogP contribution in [-0.2, 0) is 0 Å². The summed E-state index contributed by atoms with van der Waals surface area (Å²) < 4.78 is 0. The third-order valence-electron chi connectivity index (χ3n) is 3.77. The van der Waals surface area contributed by atoms with Crippen LogP contribution in [0.5, 0.6) is 0 Å². The van der Waals surface area contributed by atoms with Crippen molar-refractivity contribution >= 4 is 0 Å². The Bertz CT molecular complexity index is 304. The van der Waals surface area contributed by atoms with Gasteiger partial charge in [-0.15, -0.1) is 0 Å². The van der Waals surface area contributed by atoms with E-state index < -0.39 is 0 Å². The highest BCUT2D eigenvalue weighted by atomic mass is 14.2. The molecule has 82 valence electrons. The standard InChI is InChI=1S/C15H22/c1-12-5-3-4-6-13(2)15-10-9-14(11-15)8-7-12/h5,11,15H,2-4,6-10H2,1H3/b12-5-/t15-/m1/s1. The van der Waals surface area contributed by atoms with Crippen molar-refractivity contribution < 1.29 is 0 Å². The molecule has 1 atom stereocenters. The molecule has 0 saturated carbocycles. The Kier molecular flexibility index (Phi) is 3.45. The minimum absolute atomic E-state index is 0.707. The summed E-state index contributed by atoms with van der Waals surface area (Å²) in [5.41, 5.74) is 4.72. The van der Waals surface area contributed by atoms with E-state index in [1.54, 1.807) is 11.1 Å². The molecule has 0 heteroatoms. The molecule has 15 heavy (non-hydrogen) atoms. The lowest BCUT2D eigenvalue weighted by molar-refractivity contribution is 0.664. The van der Waals surface area contributed by atoms with Crippen molar-refractivity contribution in [3.8, 4) is 0 Å². The van der Waals surface area contributed by atoms with Crippen LogP contribution in [0, 0.1) is 5.92 Å². The van der Waals surface area contributed by atoms with Gasteiger partial charge in [0.15, 0.2) is 0 Å². The summed E-state index contributed by atoms with van der Waals surface area (Å²) in [5.74, 6) is 0.707. The quantitative estimate of drug-likeness (QED) is 0.495. The van der Waals surface area contributed by atoms with Gasteiger partial charge in [0.2, 0.25) is 0 Å². The molecule has 0 heterocycles. The van der Waals surface area contributed by atoms with Crippen LogP contribution in [0.4, 0.5) is 0 Å². The number of fused-ring (bicyclic) bond motifs is 1. The van der Waals surface area contributed by atoms with Crippen molar-refractivity contribution in [3.05, 3.63) is 35.5 Å². The molecular formula is C15H22. The van der Waals surface area contributed by atoms with Gasteiger partial charge in [-0.2, -0.15) is 0 Å². The van der Waals surface area contributed by atoms with Gasteiger partial charge in [0.25, 0.3) is 0 Å². The van der Waals surface area contributed by atoms with E-state index in [2.05, 4.69) is 25.7 Å². The highest BCUT2D eigenvalue weighted by Gasteiger charge is 2.18. The fourth-order valence-corrected chi connectivity index (χ4v) is 2.65. The third-order valence-corrected chi connectivity index (χ3v) is 3.77. The maximum Gasteiger partial charge on any atom is -0.00203 e. The van der Waals surface area contributed by atoms with Crippen LogP contribution in [0.2, 0.25) is 0 Å². The second kappa shape index (κ2) is 4.83. The predicted octanol–water partition coefficient (Wildman–Crippen LogP) is 4.79. The van der Waals surface area contributed by atoms with Crippen LogP contribution < -0.4 is 0 Å². The van der Waals surface area contributed by atoms with Gasteiger partial charge in [-0.05, 0) is 57.8 Å². The number of allylic oxidation sites excluding steroid dienone is 5. The Labute approximate surface area is 93.8 Å². The summed E-state index contributed by atoms with van der Waals surface area (Å²) in [6.45, 7) is 6.53. The van der Waals surface area contributed by atoms with Crippen molar-refractivity contribution in [2.45, 2.75) is 51.9 Å². The van der Waals surface area contributed by atoms with E-state index in [4.69, 9.17) is 0 Å². The molecule has 2 rings (SSSR count). The van der Waals surface area contributed by atoms with Gasteiger partial charge in [-0.3, -0.25) is 0 Å². The summed E-state index contributed by atoms with van der Waals surface area (Å²) in [7, 11) is 0. The van der Waals surface area contributed by atoms with Crippen molar-refractivity contribution in [2.75, 3.05) is 0 Å². The van der Waals surface area contributed by atoms with E-state index in [9.17, 15) is 0 Å². The van der Waals surface area contributed by atoms with Gasteiger partial charge < -0.3 is 0 Å². The lowest BCUT2D eigenvalue weighted by Gasteiger charge is -2.10. The molecule has 0 fully saturated rings. The number of hydrogen-bond acceptors (Lipinski definition) is 0. The lowest BCUT2D eigenvalue weighted by Crippen LogP contribution is -1.95. The SMILES string of the molecule is C=C1CCC/C=C(/C)CCC2=C[C@H]1CC2. The average Bonchev–Trinajstić information content (AvgIpc) is 2.68. The van der Waals surface area contributed by atoms with Crippen LogP contribution in [-0.4, -0.2) is 0 Å². The fourth-order valence-electron chi connectivity index (χ4n) is 2.65. The predicted molar refractivity (Wildman–Crippen MR) is 66.8 cm³/mol. The highest BCUT2D eigenvalue weighted by molar-refractivity contribution is 5.22. The van der Waals surface area contributed by atoms with Gasteiger partial charge in [0.05, 0.1) is 0 Å². The smallest absolute Gasteiger partial charge is 0.00203 e. The monoisotopic (exact) mass is 202 g/mol. The van der Waals surface area contributed by atoms with Gasteiger partial charge in [0, 0.05) is 0 Å². The molecule has 0 aromatic rings.